The van der Waals surface area contributed by atoms with Crippen LogP contribution in [0.2, 0.25) is 0 Å². The minimum Gasteiger partial charge on any atom is -0.327 e. The predicted molar refractivity (Wildman–Crippen MR) is 131 cm³/mol. The van der Waals surface area contributed by atoms with Crippen molar-refractivity contribution < 1.29 is 13.2 Å². The first kappa shape index (κ1) is 21.7. The number of amides is 1. The molecule has 1 amide bonds. The summed E-state index contributed by atoms with van der Waals surface area (Å²) in [7, 11) is -3.32. The molecule has 3 aromatic carbocycles. The third-order valence-corrected chi connectivity index (χ3v) is 7.97. The zero-order chi connectivity index (χ0) is 23.2. The average Bonchev–Trinajstić information content (AvgIpc) is 3.42. The van der Waals surface area contributed by atoms with Gasteiger partial charge in [0.15, 0.2) is 0 Å². The lowest BCUT2D eigenvalue weighted by atomic mass is 10.0. The zero-order valence-corrected chi connectivity index (χ0v) is 19.8. The smallest absolute Gasteiger partial charge is 0.254 e. The second-order valence-corrected chi connectivity index (χ2v) is 11.0. The third kappa shape index (κ3) is 4.15. The molecule has 5 nitrogen and oxygen atoms in total. The Bertz CT molecular complexity index is 1320. The molecule has 0 radical (unpaired) electrons. The van der Waals surface area contributed by atoms with Crippen LogP contribution in [0.4, 0.5) is 5.69 Å². The van der Waals surface area contributed by atoms with Gasteiger partial charge in [0.05, 0.1) is 18.0 Å². The van der Waals surface area contributed by atoms with Crippen LogP contribution in [0.3, 0.4) is 0 Å². The van der Waals surface area contributed by atoms with E-state index in [0.717, 1.165) is 24.0 Å². The maximum atomic E-state index is 13.9. The maximum absolute atomic E-state index is 13.9. The fourth-order valence-electron chi connectivity index (χ4n) is 5.09. The molecule has 0 aromatic heterocycles. The van der Waals surface area contributed by atoms with Gasteiger partial charge < -0.3 is 4.90 Å². The molecule has 33 heavy (non-hydrogen) atoms. The Morgan fingerprint density at radius 1 is 1.00 bits per heavy atom. The lowest BCUT2D eigenvalue weighted by molar-refractivity contribution is 0.0658. The van der Waals surface area contributed by atoms with E-state index in [-0.39, 0.29) is 11.9 Å². The van der Waals surface area contributed by atoms with Crippen molar-refractivity contribution in [3.63, 3.8) is 0 Å². The number of nitrogens with zero attached hydrogens (tertiary/aromatic N) is 2. The Hall–Kier alpha value is -3.12. The molecular weight excluding hydrogens is 432 g/mol. The second kappa shape index (κ2) is 8.34. The summed E-state index contributed by atoms with van der Waals surface area (Å²) in [4.78, 5) is 15.9. The molecule has 0 saturated carbocycles. The Labute approximate surface area is 195 Å². The van der Waals surface area contributed by atoms with Crippen molar-refractivity contribution in [2.45, 2.75) is 38.8 Å². The van der Waals surface area contributed by atoms with Crippen molar-refractivity contribution in [1.29, 1.82) is 0 Å². The van der Waals surface area contributed by atoms with E-state index in [1.54, 1.807) is 12.1 Å². The number of anilines is 1. The molecule has 170 valence electrons. The molecule has 0 fully saturated rings. The van der Waals surface area contributed by atoms with Gasteiger partial charge in [-0.15, -0.1) is 0 Å². The second-order valence-electron chi connectivity index (χ2n) is 9.10. The minimum atomic E-state index is -3.32. The number of sulfonamides is 1. The number of hydrogen-bond acceptors (Lipinski definition) is 3. The fraction of sp³-hybridized carbons (Fsp3) is 0.296. The number of carbonyl (C=O) groups is 1. The van der Waals surface area contributed by atoms with Crippen molar-refractivity contribution >= 4 is 21.6 Å². The van der Waals surface area contributed by atoms with Gasteiger partial charge in [-0.1, -0.05) is 54.1 Å². The summed E-state index contributed by atoms with van der Waals surface area (Å²) in [5, 5.41) is 0. The molecule has 0 bridgehead atoms. The number of hydrogen-bond donors (Lipinski definition) is 0. The number of rotatable bonds is 5. The Morgan fingerprint density at radius 3 is 2.52 bits per heavy atom. The largest absolute Gasteiger partial charge is 0.327 e. The molecule has 1 unspecified atom stereocenters. The molecule has 0 N–H and O–H groups in total. The van der Waals surface area contributed by atoms with Gasteiger partial charge in [-0.05, 0) is 66.6 Å². The molecule has 1 aliphatic carbocycles. The SMILES string of the molecule is Cc1ccc(CN(C(=O)c2ccc3c(c2)CCN3S(C)(=O)=O)C2CCc3ccccc32)cc1. The topological polar surface area (TPSA) is 57.7 Å². The van der Waals surface area contributed by atoms with Crippen molar-refractivity contribution in [2.75, 3.05) is 17.1 Å². The molecule has 3 aromatic rings. The van der Waals surface area contributed by atoms with Crippen LogP contribution in [0.1, 0.15) is 50.6 Å². The van der Waals surface area contributed by atoms with Crippen LogP contribution in [-0.4, -0.2) is 32.0 Å². The van der Waals surface area contributed by atoms with E-state index in [1.807, 2.05) is 17.0 Å². The highest BCUT2D eigenvalue weighted by molar-refractivity contribution is 7.92. The van der Waals surface area contributed by atoms with Crippen LogP contribution < -0.4 is 4.31 Å². The van der Waals surface area contributed by atoms with E-state index in [4.69, 9.17) is 0 Å². The maximum Gasteiger partial charge on any atom is 0.254 e. The third-order valence-electron chi connectivity index (χ3n) is 6.79. The molecule has 2 aliphatic rings. The highest BCUT2D eigenvalue weighted by Gasteiger charge is 2.33. The summed E-state index contributed by atoms with van der Waals surface area (Å²) in [5.74, 6) is -0.0158. The summed E-state index contributed by atoms with van der Waals surface area (Å²) in [5.41, 5.74) is 7.03. The van der Waals surface area contributed by atoms with Gasteiger partial charge in [-0.25, -0.2) is 8.42 Å². The number of benzene rings is 3. The van der Waals surface area contributed by atoms with Crippen LogP contribution in [0.25, 0.3) is 0 Å². The molecule has 5 rings (SSSR count). The quantitative estimate of drug-likeness (QED) is 0.557. The van der Waals surface area contributed by atoms with Gasteiger partial charge in [-0.3, -0.25) is 9.10 Å². The Kier molecular flexibility index (Phi) is 5.49. The number of aryl methyl sites for hydroxylation is 2. The zero-order valence-electron chi connectivity index (χ0n) is 19.0. The van der Waals surface area contributed by atoms with Gasteiger partial charge in [0, 0.05) is 18.7 Å². The first-order valence-electron chi connectivity index (χ1n) is 11.4. The molecule has 1 atom stereocenters. The molecular formula is C27H28N2O3S. The normalized spacial score (nSPS) is 17.0. The van der Waals surface area contributed by atoms with E-state index in [2.05, 4.69) is 49.4 Å². The minimum absolute atomic E-state index is 0.0158. The van der Waals surface area contributed by atoms with E-state index in [9.17, 15) is 13.2 Å². The average molecular weight is 461 g/mol. The van der Waals surface area contributed by atoms with Gasteiger partial charge >= 0.3 is 0 Å². The Morgan fingerprint density at radius 2 is 1.76 bits per heavy atom. The molecule has 1 aliphatic heterocycles. The van der Waals surface area contributed by atoms with Crippen molar-refractivity contribution in [3.8, 4) is 0 Å². The van der Waals surface area contributed by atoms with Crippen LogP contribution in [0.15, 0.2) is 66.7 Å². The summed E-state index contributed by atoms with van der Waals surface area (Å²) in [6.45, 7) is 3.02. The first-order valence-corrected chi connectivity index (χ1v) is 13.2. The standard InChI is InChI=1S/C27H28N2O3S/c1-19-7-9-20(10-8-19)18-28(26-14-11-21-5-3-4-6-24(21)26)27(30)23-12-13-25-22(17-23)15-16-29(25)33(2,31)32/h3-10,12-13,17,26H,11,14-16,18H2,1-2H3. The first-order chi connectivity index (χ1) is 15.8. The number of carbonyl (C=O) groups excluding carboxylic acids is 1. The Balaban J connectivity index is 1.50. The highest BCUT2D eigenvalue weighted by Crippen LogP contribution is 2.38. The van der Waals surface area contributed by atoms with Gasteiger partial charge in [0.1, 0.15) is 0 Å². The van der Waals surface area contributed by atoms with Gasteiger partial charge in [-0.2, -0.15) is 0 Å². The molecule has 0 saturated heterocycles. The van der Waals surface area contributed by atoms with E-state index in [0.29, 0.717) is 30.8 Å². The molecule has 0 spiro atoms. The summed E-state index contributed by atoms with van der Waals surface area (Å²) < 4.78 is 25.6. The van der Waals surface area contributed by atoms with Crippen LogP contribution >= 0.6 is 0 Å². The van der Waals surface area contributed by atoms with Crippen molar-refractivity contribution in [1.82, 2.24) is 4.90 Å². The highest BCUT2D eigenvalue weighted by atomic mass is 32.2. The van der Waals surface area contributed by atoms with Crippen molar-refractivity contribution in [2.24, 2.45) is 0 Å². The van der Waals surface area contributed by atoms with Crippen molar-refractivity contribution in [3.05, 3.63) is 100 Å². The van der Waals surface area contributed by atoms with Gasteiger partial charge in [0.25, 0.3) is 5.91 Å². The van der Waals surface area contributed by atoms with Crippen LogP contribution in [0.5, 0.6) is 0 Å². The predicted octanol–water partition coefficient (Wildman–Crippen LogP) is 4.65. The summed E-state index contributed by atoms with van der Waals surface area (Å²) in [6, 6.07) is 22.2. The van der Waals surface area contributed by atoms with E-state index >= 15 is 0 Å². The summed E-state index contributed by atoms with van der Waals surface area (Å²) >= 11 is 0. The monoisotopic (exact) mass is 460 g/mol. The molecule has 1 heterocycles. The lowest BCUT2D eigenvalue weighted by Crippen LogP contribution is -2.33. The fourth-order valence-corrected chi connectivity index (χ4v) is 6.05. The van der Waals surface area contributed by atoms with Gasteiger partial charge in [0.2, 0.25) is 10.0 Å². The molecule has 6 heteroatoms. The van der Waals surface area contributed by atoms with E-state index < -0.39 is 10.0 Å². The van der Waals surface area contributed by atoms with Crippen LogP contribution in [-0.2, 0) is 29.4 Å². The number of fused-ring (bicyclic) bond motifs is 2. The van der Waals surface area contributed by atoms with Crippen LogP contribution in [0, 0.1) is 6.92 Å². The summed E-state index contributed by atoms with van der Waals surface area (Å²) in [6.07, 6.45) is 3.71. The van der Waals surface area contributed by atoms with E-state index in [1.165, 1.54) is 27.3 Å². The lowest BCUT2D eigenvalue weighted by Gasteiger charge is -2.30.